The lowest BCUT2D eigenvalue weighted by atomic mass is 9.88. The topological polar surface area (TPSA) is 57.6 Å². The van der Waals surface area contributed by atoms with Gasteiger partial charge < -0.3 is 5.11 Å². The van der Waals surface area contributed by atoms with E-state index in [1.54, 1.807) is 11.8 Å². The Labute approximate surface area is 109 Å². The highest BCUT2D eigenvalue weighted by molar-refractivity contribution is 8.00. The molecule has 102 valence electrons. The highest BCUT2D eigenvalue weighted by Gasteiger charge is 2.35. The van der Waals surface area contributed by atoms with E-state index in [9.17, 15) is 13.5 Å². The summed E-state index contributed by atoms with van der Waals surface area (Å²) in [5, 5.41) is 9.03. The number of aliphatic hydroxyl groups is 1. The van der Waals surface area contributed by atoms with Crippen molar-refractivity contribution in [3.63, 3.8) is 0 Å². The zero-order valence-electron chi connectivity index (χ0n) is 10.8. The number of thioether (sulfide) groups is 1. The van der Waals surface area contributed by atoms with Crippen LogP contribution in [-0.2, 0) is 9.84 Å². The normalized spacial score (nSPS) is 26.7. The first kappa shape index (κ1) is 15.3. The molecular formula is C11H23NO3S2. The third-order valence-electron chi connectivity index (χ3n) is 3.50. The van der Waals surface area contributed by atoms with Crippen LogP contribution in [0.1, 0.15) is 20.3 Å². The molecule has 0 aromatic heterocycles. The van der Waals surface area contributed by atoms with E-state index in [1.807, 2.05) is 18.7 Å². The summed E-state index contributed by atoms with van der Waals surface area (Å²) >= 11 is 1.69. The molecule has 0 aromatic carbocycles. The molecule has 0 radical (unpaired) electrons. The van der Waals surface area contributed by atoms with Crippen molar-refractivity contribution in [1.29, 1.82) is 0 Å². The minimum atomic E-state index is -3.04. The van der Waals surface area contributed by atoms with Gasteiger partial charge in [-0.3, -0.25) is 4.90 Å². The maximum atomic E-state index is 11.7. The zero-order valence-corrected chi connectivity index (χ0v) is 12.5. The molecule has 2 atom stereocenters. The van der Waals surface area contributed by atoms with Gasteiger partial charge in [0.25, 0.3) is 0 Å². The summed E-state index contributed by atoms with van der Waals surface area (Å²) in [5.74, 6) is 1.61. The van der Waals surface area contributed by atoms with Gasteiger partial charge >= 0.3 is 0 Å². The molecule has 0 amide bonds. The second-order valence-corrected chi connectivity index (χ2v) is 8.50. The molecule has 1 heterocycles. The third-order valence-corrected chi connectivity index (χ3v) is 6.19. The first-order valence-electron chi connectivity index (χ1n) is 5.94. The minimum Gasteiger partial charge on any atom is -0.396 e. The average Bonchev–Trinajstić information content (AvgIpc) is 2.28. The van der Waals surface area contributed by atoms with E-state index in [0.29, 0.717) is 12.3 Å². The van der Waals surface area contributed by atoms with Crippen LogP contribution >= 0.6 is 11.8 Å². The van der Waals surface area contributed by atoms with E-state index >= 15 is 0 Å². The molecule has 0 saturated carbocycles. The molecule has 4 nitrogen and oxygen atoms in total. The van der Waals surface area contributed by atoms with Gasteiger partial charge in [0.2, 0.25) is 0 Å². The van der Waals surface area contributed by atoms with Gasteiger partial charge in [-0.15, -0.1) is 0 Å². The van der Waals surface area contributed by atoms with E-state index in [1.165, 1.54) is 6.26 Å². The molecule has 1 N–H and O–H groups in total. The van der Waals surface area contributed by atoms with Crippen LogP contribution in [0.4, 0.5) is 0 Å². The van der Waals surface area contributed by atoms with Crippen LogP contribution in [0, 0.1) is 5.41 Å². The SMILES string of the molecule is CCC(C)(CO)CN1CCSCC1S(C)(=O)=O. The van der Waals surface area contributed by atoms with Crippen LogP contribution in [0.25, 0.3) is 0 Å². The maximum absolute atomic E-state index is 11.7. The first-order chi connectivity index (χ1) is 7.82. The molecule has 0 aliphatic carbocycles. The molecule has 1 rings (SSSR count). The van der Waals surface area contributed by atoms with Crippen LogP contribution in [-0.4, -0.2) is 61.3 Å². The molecule has 1 saturated heterocycles. The molecule has 0 aromatic rings. The summed E-state index contributed by atoms with van der Waals surface area (Å²) in [4.78, 5) is 2.02. The van der Waals surface area contributed by atoms with Crippen LogP contribution < -0.4 is 0 Å². The van der Waals surface area contributed by atoms with Crippen molar-refractivity contribution in [2.45, 2.75) is 25.6 Å². The second kappa shape index (κ2) is 5.91. The number of aliphatic hydroxyl groups excluding tert-OH is 1. The molecule has 0 bridgehead atoms. The van der Waals surface area contributed by atoms with Gasteiger partial charge in [-0.2, -0.15) is 11.8 Å². The molecule has 0 spiro atoms. The van der Waals surface area contributed by atoms with Gasteiger partial charge in [-0.25, -0.2) is 8.42 Å². The van der Waals surface area contributed by atoms with E-state index < -0.39 is 15.2 Å². The summed E-state index contributed by atoms with van der Waals surface area (Å²) in [6.07, 6.45) is 2.16. The Kier molecular flexibility index (Phi) is 5.31. The van der Waals surface area contributed by atoms with Crippen molar-refractivity contribution in [2.24, 2.45) is 5.41 Å². The highest BCUT2D eigenvalue weighted by atomic mass is 32.2. The lowest BCUT2D eigenvalue weighted by molar-refractivity contribution is 0.0828. The Morgan fingerprint density at radius 3 is 2.65 bits per heavy atom. The molecule has 1 aliphatic rings. The average molecular weight is 281 g/mol. The van der Waals surface area contributed by atoms with Gasteiger partial charge in [0.05, 0.1) is 0 Å². The van der Waals surface area contributed by atoms with Crippen LogP contribution in [0.3, 0.4) is 0 Å². The van der Waals surface area contributed by atoms with Crippen molar-refractivity contribution in [1.82, 2.24) is 4.90 Å². The van der Waals surface area contributed by atoms with Crippen LogP contribution in [0.2, 0.25) is 0 Å². The predicted molar refractivity (Wildman–Crippen MR) is 73.0 cm³/mol. The van der Waals surface area contributed by atoms with Crippen molar-refractivity contribution < 1.29 is 13.5 Å². The Hall–Kier alpha value is 0.220. The van der Waals surface area contributed by atoms with Gasteiger partial charge in [-0.05, 0) is 6.42 Å². The van der Waals surface area contributed by atoms with Gasteiger partial charge in [0.1, 0.15) is 5.37 Å². The van der Waals surface area contributed by atoms with Gasteiger partial charge in [0, 0.05) is 42.9 Å². The first-order valence-corrected chi connectivity index (χ1v) is 9.05. The quantitative estimate of drug-likeness (QED) is 0.808. The smallest absolute Gasteiger partial charge is 0.164 e. The summed E-state index contributed by atoms with van der Waals surface area (Å²) in [6, 6.07) is 0. The summed E-state index contributed by atoms with van der Waals surface area (Å²) in [7, 11) is -3.04. The van der Waals surface area contributed by atoms with Crippen molar-refractivity contribution >= 4 is 21.6 Å². The molecule has 17 heavy (non-hydrogen) atoms. The molecule has 1 aliphatic heterocycles. The Balaban J connectivity index is 2.79. The zero-order chi connectivity index (χ0) is 13.1. The van der Waals surface area contributed by atoms with Crippen molar-refractivity contribution in [2.75, 3.05) is 37.5 Å². The largest absolute Gasteiger partial charge is 0.396 e. The maximum Gasteiger partial charge on any atom is 0.164 e. The van der Waals surface area contributed by atoms with Crippen molar-refractivity contribution in [3.05, 3.63) is 0 Å². The van der Waals surface area contributed by atoms with Crippen LogP contribution in [0.5, 0.6) is 0 Å². The third kappa shape index (κ3) is 4.12. The Bertz CT molecular complexity index is 339. The Morgan fingerprint density at radius 1 is 1.53 bits per heavy atom. The van der Waals surface area contributed by atoms with E-state index in [4.69, 9.17) is 0 Å². The summed E-state index contributed by atoms with van der Waals surface area (Å²) < 4.78 is 23.5. The lowest BCUT2D eigenvalue weighted by Crippen LogP contribution is -2.51. The predicted octanol–water partition coefficient (Wildman–Crippen LogP) is 0.815. The summed E-state index contributed by atoms with van der Waals surface area (Å²) in [6.45, 7) is 5.58. The Morgan fingerprint density at radius 2 is 2.18 bits per heavy atom. The van der Waals surface area contributed by atoms with Gasteiger partial charge in [-0.1, -0.05) is 13.8 Å². The van der Waals surface area contributed by atoms with Crippen molar-refractivity contribution in [3.8, 4) is 0 Å². The second-order valence-electron chi connectivity index (χ2n) is 5.15. The number of nitrogens with zero attached hydrogens (tertiary/aromatic N) is 1. The van der Waals surface area contributed by atoms with E-state index in [2.05, 4.69) is 0 Å². The molecule has 1 fully saturated rings. The number of rotatable bonds is 5. The van der Waals surface area contributed by atoms with Gasteiger partial charge in [0.15, 0.2) is 9.84 Å². The monoisotopic (exact) mass is 281 g/mol. The van der Waals surface area contributed by atoms with E-state index in [0.717, 1.165) is 18.7 Å². The summed E-state index contributed by atoms with van der Waals surface area (Å²) in [5.41, 5.74) is -0.203. The standard InChI is InChI=1S/C11H23NO3S2/c1-4-11(2,9-13)8-12-5-6-16-7-10(12)17(3,14)15/h10,13H,4-9H2,1-3H3. The fourth-order valence-electron chi connectivity index (χ4n) is 1.95. The molecule has 6 heteroatoms. The lowest BCUT2D eigenvalue weighted by Gasteiger charge is -2.39. The van der Waals surface area contributed by atoms with E-state index in [-0.39, 0.29) is 12.0 Å². The number of hydrogen-bond donors (Lipinski definition) is 1. The molecule has 2 unspecified atom stereocenters. The van der Waals surface area contributed by atoms with Crippen LogP contribution in [0.15, 0.2) is 0 Å². The number of hydrogen-bond acceptors (Lipinski definition) is 5. The number of sulfone groups is 1. The minimum absolute atomic E-state index is 0.101. The highest BCUT2D eigenvalue weighted by Crippen LogP contribution is 2.27. The molecular weight excluding hydrogens is 258 g/mol. The fourth-order valence-corrected chi connectivity index (χ4v) is 4.90. The fraction of sp³-hybridized carbons (Fsp3) is 1.00.